The maximum atomic E-state index is 4.79. The summed E-state index contributed by atoms with van der Waals surface area (Å²) in [5.74, 6) is 0. The molecule has 0 unspecified atom stereocenters. The van der Waals surface area contributed by atoms with E-state index in [4.69, 9.17) is 4.98 Å². The molecule has 6 aromatic rings. The standard InChI is InChI=1S/C24H14N6/c1-2-8-17-15(6-1)12-21(30-29-17)16-7-5-11-20-23(16)24(27-14-26-20)22-13-25-18-9-3-4-10-19(18)28-22/h1-14H. The van der Waals surface area contributed by atoms with Crippen LogP contribution in [0.3, 0.4) is 0 Å². The Labute approximate surface area is 171 Å². The number of nitrogens with zero attached hydrogens (tertiary/aromatic N) is 6. The van der Waals surface area contributed by atoms with E-state index in [-0.39, 0.29) is 0 Å². The molecule has 0 fully saturated rings. The highest BCUT2D eigenvalue weighted by molar-refractivity contribution is 6.03. The lowest BCUT2D eigenvalue weighted by molar-refractivity contribution is 1.08. The van der Waals surface area contributed by atoms with Gasteiger partial charge in [-0.2, -0.15) is 0 Å². The van der Waals surface area contributed by atoms with Gasteiger partial charge in [0.1, 0.15) is 17.7 Å². The van der Waals surface area contributed by atoms with E-state index in [1.54, 1.807) is 12.5 Å². The first-order valence-corrected chi connectivity index (χ1v) is 9.55. The summed E-state index contributed by atoms with van der Waals surface area (Å²) in [6.45, 7) is 0. The van der Waals surface area contributed by atoms with Gasteiger partial charge in [-0.25, -0.2) is 15.0 Å². The second kappa shape index (κ2) is 6.63. The highest BCUT2D eigenvalue weighted by atomic mass is 15.1. The zero-order valence-electron chi connectivity index (χ0n) is 15.8. The van der Waals surface area contributed by atoms with Crippen molar-refractivity contribution in [2.24, 2.45) is 0 Å². The minimum Gasteiger partial charge on any atom is -0.252 e. The van der Waals surface area contributed by atoms with Gasteiger partial charge < -0.3 is 0 Å². The van der Waals surface area contributed by atoms with Crippen LogP contribution in [0.5, 0.6) is 0 Å². The first kappa shape index (κ1) is 16.6. The van der Waals surface area contributed by atoms with Crippen molar-refractivity contribution in [3.05, 3.63) is 85.3 Å². The van der Waals surface area contributed by atoms with Crippen molar-refractivity contribution in [2.45, 2.75) is 0 Å². The van der Waals surface area contributed by atoms with Gasteiger partial charge in [-0.05, 0) is 30.3 Å². The Balaban J connectivity index is 1.63. The average Bonchev–Trinajstić information content (AvgIpc) is 2.82. The predicted octanol–water partition coefficient (Wildman–Crippen LogP) is 4.85. The van der Waals surface area contributed by atoms with Gasteiger partial charge >= 0.3 is 0 Å². The highest BCUT2D eigenvalue weighted by Crippen LogP contribution is 2.33. The van der Waals surface area contributed by atoms with Crippen LogP contribution in [-0.4, -0.2) is 30.1 Å². The molecule has 0 spiro atoms. The first-order valence-electron chi connectivity index (χ1n) is 9.55. The maximum absolute atomic E-state index is 4.79. The van der Waals surface area contributed by atoms with E-state index in [1.165, 1.54) is 0 Å². The van der Waals surface area contributed by atoms with Gasteiger partial charge in [0.25, 0.3) is 0 Å². The van der Waals surface area contributed by atoms with Crippen molar-refractivity contribution in [3.63, 3.8) is 0 Å². The molecule has 6 rings (SSSR count). The van der Waals surface area contributed by atoms with E-state index in [2.05, 4.69) is 25.1 Å². The molecule has 0 atom stereocenters. The van der Waals surface area contributed by atoms with Crippen LogP contribution < -0.4 is 0 Å². The third kappa shape index (κ3) is 2.66. The fourth-order valence-corrected chi connectivity index (χ4v) is 3.71. The second-order valence-corrected chi connectivity index (χ2v) is 6.95. The summed E-state index contributed by atoms with van der Waals surface area (Å²) in [4.78, 5) is 18.4. The Morgan fingerprint density at radius 2 is 1.37 bits per heavy atom. The van der Waals surface area contributed by atoms with Crippen molar-refractivity contribution >= 4 is 32.8 Å². The van der Waals surface area contributed by atoms with Crippen molar-refractivity contribution < 1.29 is 0 Å². The molecule has 0 N–H and O–H groups in total. The molecular formula is C24H14N6. The van der Waals surface area contributed by atoms with E-state index in [0.29, 0.717) is 5.69 Å². The van der Waals surface area contributed by atoms with E-state index in [9.17, 15) is 0 Å². The summed E-state index contributed by atoms with van der Waals surface area (Å²) < 4.78 is 0. The molecule has 3 aromatic carbocycles. The molecule has 140 valence electrons. The number of hydrogen-bond acceptors (Lipinski definition) is 6. The zero-order valence-corrected chi connectivity index (χ0v) is 15.8. The van der Waals surface area contributed by atoms with Crippen molar-refractivity contribution in [1.82, 2.24) is 30.1 Å². The molecule has 0 aliphatic heterocycles. The minimum atomic E-state index is 0.697. The van der Waals surface area contributed by atoms with Crippen molar-refractivity contribution in [1.29, 1.82) is 0 Å². The third-order valence-electron chi connectivity index (χ3n) is 5.12. The summed E-state index contributed by atoms with van der Waals surface area (Å²) in [6.07, 6.45) is 3.32. The second-order valence-electron chi connectivity index (χ2n) is 6.95. The predicted molar refractivity (Wildman–Crippen MR) is 117 cm³/mol. The monoisotopic (exact) mass is 386 g/mol. The SMILES string of the molecule is c1ccc2nnc(-c3cccc4ncnc(-c5cnc6ccccc6n5)c34)cc2c1. The summed E-state index contributed by atoms with van der Waals surface area (Å²) >= 11 is 0. The Morgan fingerprint density at radius 1 is 0.567 bits per heavy atom. The van der Waals surface area contributed by atoms with Crippen LogP contribution in [0.1, 0.15) is 0 Å². The van der Waals surface area contributed by atoms with Crippen molar-refractivity contribution in [3.8, 4) is 22.6 Å². The lowest BCUT2D eigenvalue weighted by Gasteiger charge is -2.10. The van der Waals surface area contributed by atoms with E-state index >= 15 is 0 Å². The number of rotatable bonds is 2. The molecule has 6 nitrogen and oxygen atoms in total. The molecule has 0 amide bonds. The number of hydrogen-bond donors (Lipinski definition) is 0. The van der Waals surface area contributed by atoms with Gasteiger partial charge in [0.15, 0.2) is 0 Å². The summed E-state index contributed by atoms with van der Waals surface area (Å²) in [6, 6.07) is 23.7. The lowest BCUT2D eigenvalue weighted by atomic mass is 10.0. The number of aromatic nitrogens is 6. The molecule has 0 saturated carbocycles. The molecule has 0 aliphatic rings. The largest absolute Gasteiger partial charge is 0.252 e. The summed E-state index contributed by atoms with van der Waals surface area (Å²) in [5, 5.41) is 10.8. The fraction of sp³-hybridized carbons (Fsp3) is 0. The molecule has 3 heterocycles. The number of benzene rings is 3. The smallest absolute Gasteiger partial charge is 0.116 e. The van der Waals surface area contributed by atoms with E-state index in [1.807, 2.05) is 72.8 Å². The maximum Gasteiger partial charge on any atom is 0.116 e. The average molecular weight is 386 g/mol. The van der Waals surface area contributed by atoms with Crippen LogP contribution >= 0.6 is 0 Å². The van der Waals surface area contributed by atoms with E-state index < -0.39 is 0 Å². The normalized spacial score (nSPS) is 11.3. The highest BCUT2D eigenvalue weighted by Gasteiger charge is 2.15. The molecule has 0 bridgehead atoms. The van der Waals surface area contributed by atoms with Crippen LogP contribution in [-0.2, 0) is 0 Å². The van der Waals surface area contributed by atoms with Crippen LogP contribution in [0.2, 0.25) is 0 Å². The van der Waals surface area contributed by atoms with Crippen LogP contribution in [0.15, 0.2) is 85.3 Å². The quantitative estimate of drug-likeness (QED) is 0.423. The van der Waals surface area contributed by atoms with Gasteiger partial charge in [-0.3, -0.25) is 4.98 Å². The van der Waals surface area contributed by atoms with Crippen molar-refractivity contribution in [2.75, 3.05) is 0 Å². The van der Waals surface area contributed by atoms with Gasteiger partial charge in [0.2, 0.25) is 0 Å². The molecule has 0 saturated heterocycles. The Morgan fingerprint density at radius 3 is 2.30 bits per heavy atom. The zero-order chi connectivity index (χ0) is 19.9. The third-order valence-corrected chi connectivity index (χ3v) is 5.12. The van der Waals surface area contributed by atoms with Gasteiger partial charge in [-0.15, -0.1) is 10.2 Å². The van der Waals surface area contributed by atoms with Gasteiger partial charge in [0.05, 0.1) is 34.0 Å². The summed E-state index contributed by atoms with van der Waals surface area (Å²) in [5.41, 5.74) is 6.46. The Hall–Kier alpha value is -4.32. The molecule has 30 heavy (non-hydrogen) atoms. The van der Waals surface area contributed by atoms with Crippen LogP contribution in [0, 0.1) is 0 Å². The van der Waals surface area contributed by atoms with E-state index in [0.717, 1.165) is 49.8 Å². The first-order chi connectivity index (χ1) is 14.9. The Bertz CT molecular complexity index is 1450. The minimum absolute atomic E-state index is 0.697. The van der Waals surface area contributed by atoms with Gasteiger partial charge in [0, 0.05) is 16.3 Å². The Kier molecular flexibility index (Phi) is 3.67. The van der Waals surface area contributed by atoms with Crippen LogP contribution in [0.4, 0.5) is 0 Å². The molecule has 0 aliphatic carbocycles. The molecular weight excluding hydrogens is 372 g/mol. The topological polar surface area (TPSA) is 77.3 Å². The molecule has 3 aromatic heterocycles. The number of para-hydroxylation sites is 2. The van der Waals surface area contributed by atoms with Crippen LogP contribution in [0.25, 0.3) is 55.5 Å². The number of fused-ring (bicyclic) bond motifs is 3. The molecule has 0 radical (unpaired) electrons. The lowest BCUT2D eigenvalue weighted by Crippen LogP contribution is -1.97. The molecule has 6 heteroatoms. The fourth-order valence-electron chi connectivity index (χ4n) is 3.71. The van der Waals surface area contributed by atoms with Gasteiger partial charge in [-0.1, -0.05) is 42.5 Å². The summed E-state index contributed by atoms with van der Waals surface area (Å²) in [7, 11) is 0.